The average Bonchev–Trinajstić information content (AvgIpc) is 2.82. The van der Waals surface area contributed by atoms with Gasteiger partial charge >= 0.3 is 0 Å². The Hall–Kier alpha value is -0.830. The molecule has 1 N–H and O–H groups in total. The van der Waals surface area contributed by atoms with Crippen molar-refractivity contribution < 1.29 is 0 Å². The summed E-state index contributed by atoms with van der Waals surface area (Å²) < 4.78 is 2.08. The lowest BCUT2D eigenvalue weighted by Gasteiger charge is -2.38. The summed E-state index contributed by atoms with van der Waals surface area (Å²) >= 11 is 0. The number of aryl methyl sites for hydroxylation is 1. The summed E-state index contributed by atoms with van der Waals surface area (Å²) in [5.74, 6) is 3.12. The molecule has 1 heterocycles. The van der Waals surface area contributed by atoms with Crippen LogP contribution in [0.5, 0.6) is 0 Å². The normalized spacial score (nSPS) is 27.9. The van der Waals surface area contributed by atoms with Crippen LogP contribution in [0, 0.1) is 17.8 Å². The molecular formula is C16H29N3. The lowest BCUT2D eigenvalue weighted by Crippen LogP contribution is -2.34. The molecule has 0 saturated heterocycles. The molecule has 3 heteroatoms. The van der Waals surface area contributed by atoms with Crippen LogP contribution < -0.4 is 5.32 Å². The number of rotatable bonds is 5. The summed E-state index contributed by atoms with van der Waals surface area (Å²) in [6.07, 6.45) is 6.01. The van der Waals surface area contributed by atoms with E-state index in [4.69, 9.17) is 0 Å². The second kappa shape index (κ2) is 6.56. The molecule has 0 radical (unpaired) electrons. The van der Waals surface area contributed by atoms with Gasteiger partial charge in [-0.3, -0.25) is 4.68 Å². The van der Waals surface area contributed by atoms with E-state index in [1.165, 1.54) is 25.0 Å². The molecule has 0 bridgehead atoms. The van der Waals surface area contributed by atoms with Crippen molar-refractivity contribution in [3.8, 4) is 0 Å². The molecule has 1 saturated carbocycles. The molecule has 1 fully saturated rings. The molecule has 19 heavy (non-hydrogen) atoms. The van der Waals surface area contributed by atoms with Gasteiger partial charge in [-0.2, -0.15) is 5.10 Å². The molecule has 2 rings (SSSR count). The van der Waals surface area contributed by atoms with Gasteiger partial charge in [0.1, 0.15) is 0 Å². The summed E-state index contributed by atoms with van der Waals surface area (Å²) in [6, 6.07) is 2.21. The molecule has 1 aliphatic rings. The Morgan fingerprint density at radius 1 is 1.42 bits per heavy atom. The van der Waals surface area contributed by atoms with E-state index in [2.05, 4.69) is 49.0 Å². The van der Waals surface area contributed by atoms with E-state index in [1.54, 1.807) is 0 Å². The summed E-state index contributed by atoms with van der Waals surface area (Å²) in [5.41, 5.74) is 1.42. The maximum atomic E-state index is 4.37. The topological polar surface area (TPSA) is 29.9 Å². The first-order chi connectivity index (χ1) is 9.13. The third kappa shape index (κ3) is 3.38. The Morgan fingerprint density at radius 3 is 2.79 bits per heavy atom. The molecule has 0 spiro atoms. The molecule has 1 aromatic rings. The number of hydrogen-bond donors (Lipinski definition) is 1. The van der Waals surface area contributed by atoms with Crippen molar-refractivity contribution >= 4 is 0 Å². The minimum atomic E-state index is 0.674. The first-order valence-electron chi connectivity index (χ1n) is 7.82. The Bertz CT molecular complexity index is 383. The van der Waals surface area contributed by atoms with E-state index in [0.717, 1.165) is 30.8 Å². The molecule has 0 aliphatic heterocycles. The van der Waals surface area contributed by atoms with Gasteiger partial charge in [0.15, 0.2) is 0 Å². The van der Waals surface area contributed by atoms with E-state index in [-0.39, 0.29) is 0 Å². The number of nitrogens with zero attached hydrogens (tertiary/aromatic N) is 2. The monoisotopic (exact) mass is 263 g/mol. The highest BCUT2D eigenvalue weighted by atomic mass is 15.3. The van der Waals surface area contributed by atoms with Gasteiger partial charge in [0.05, 0.1) is 0 Å². The zero-order valence-electron chi connectivity index (χ0n) is 12.9. The minimum Gasteiger partial charge on any atom is -0.317 e. The van der Waals surface area contributed by atoms with Crippen LogP contribution in [-0.4, -0.2) is 22.9 Å². The molecule has 3 unspecified atom stereocenters. The van der Waals surface area contributed by atoms with Gasteiger partial charge in [0, 0.05) is 24.9 Å². The van der Waals surface area contributed by atoms with Gasteiger partial charge < -0.3 is 5.32 Å². The minimum absolute atomic E-state index is 0.674. The fraction of sp³-hybridized carbons (Fsp3) is 0.812. The van der Waals surface area contributed by atoms with Crippen LogP contribution in [0.1, 0.15) is 51.6 Å². The van der Waals surface area contributed by atoms with Crippen molar-refractivity contribution in [2.75, 3.05) is 13.1 Å². The zero-order chi connectivity index (χ0) is 13.8. The van der Waals surface area contributed by atoms with Crippen molar-refractivity contribution in [1.82, 2.24) is 15.1 Å². The molecule has 108 valence electrons. The van der Waals surface area contributed by atoms with E-state index >= 15 is 0 Å². The lowest BCUT2D eigenvalue weighted by atomic mass is 9.69. The Labute approximate surface area is 117 Å². The smallest absolute Gasteiger partial charge is 0.0492 e. The van der Waals surface area contributed by atoms with Gasteiger partial charge in [-0.1, -0.05) is 20.8 Å². The highest BCUT2D eigenvalue weighted by Crippen LogP contribution is 2.42. The maximum Gasteiger partial charge on any atom is 0.0492 e. The van der Waals surface area contributed by atoms with Gasteiger partial charge in [0.25, 0.3) is 0 Å². The predicted molar refractivity (Wildman–Crippen MR) is 80.2 cm³/mol. The van der Waals surface area contributed by atoms with Gasteiger partial charge in [0.2, 0.25) is 0 Å². The van der Waals surface area contributed by atoms with Crippen molar-refractivity contribution in [3.63, 3.8) is 0 Å². The summed E-state index contributed by atoms with van der Waals surface area (Å²) in [5, 5.41) is 7.92. The van der Waals surface area contributed by atoms with E-state index in [9.17, 15) is 0 Å². The highest BCUT2D eigenvalue weighted by Gasteiger charge is 2.33. The van der Waals surface area contributed by atoms with Crippen LogP contribution in [0.25, 0.3) is 0 Å². The Balaban J connectivity index is 2.13. The summed E-state index contributed by atoms with van der Waals surface area (Å²) in [6.45, 7) is 9.16. The molecule has 3 atom stereocenters. The quantitative estimate of drug-likeness (QED) is 0.884. The number of hydrogen-bond acceptors (Lipinski definition) is 2. The van der Waals surface area contributed by atoms with Crippen LogP contribution in [-0.2, 0) is 7.05 Å². The van der Waals surface area contributed by atoms with Crippen molar-refractivity contribution in [3.05, 3.63) is 18.0 Å². The molecule has 3 nitrogen and oxygen atoms in total. The third-order valence-electron chi connectivity index (χ3n) is 4.87. The van der Waals surface area contributed by atoms with E-state index in [1.807, 2.05) is 6.20 Å². The molecule has 1 aromatic heterocycles. The van der Waals surface area contributed by atoms with Crippen molar-refractivity contribution in [2.45, 2.75) is 46.0 Å². The van der Waals surface area contributed by atoms with Crippen LogP contribution in [0.2, 0.25) is 0 Å². The van der Waals surface area contributed by atoms with E-state index in [0.29, 0.717) is 5.92 Å². The van der Waals surface area contributed by atoms with Gasteiger partial charge in [-0.15, -0.1) is 0 Å². The molecule has 0 amide bonds. The Morgan fingerprint density at radius 2 is 2.21 bits per heavy atom. The third-order valence-corrected chi connectivity index (χ3v) is 4.87. The lowest BCUT2D eigenvalue weighted by molar-refractivity contribution is 0.186. The zero-order valence-corrected chi connectivity index (χ0v) is 12.9. The van der Waals surface area contributed by atoms with Crippen LogP contribution in [0.15, 0.2) is 12.3 Å². The largest absolute Gasteiger partial charge is 0.317 e. The first kappa shape index (κ1) is 14.6. The fourth-order valence-corrected chi connectivity index (χ4v) is 3.56. The molecule has 1 aliphatic carbocycles. The average molecular weight is 263 g/mol. The van der Waals surface area contributed by atoms with Crippen LogP contribution >= 0.6 is 0 Å². The SMILES string of the molecule is CCNCC1CCC(C(C)C)CC1c1ccnn1C. The summed E-state index contributed by atoms with van der Waals surface area (Å²) in [4.78, 5) is 0. The van der Waals surface area contributed by atoms with Gasteiger partial charge in [-0.25, -0.2) is 0 Å². The second-order valence-electron chi connectivity index (χ2n) is 6.37. The maximum absolute atomic E-state index is 4.37. The summed E-state index contributed by atoms with van der Waals surface area (Å²) in [7, 11) is 2.08. The van der Waals surface area contributed by atoms with Crippen LogP contribution in [0.3, 0.4) is 0 Å². The number of nitrogens with one attached hydrogen (secondary N) is 1. The predicted octanol–water partition coefficient (Wildman–Crippen LogP) is 3.19. The molecule has 0 aromatic carbocycles. The number of aromatic nitrogens is 2. The van der Waals surface area contributed by atoms with Crippen molar-refractivity contribution in [1.29, 1.82) is 0 Å². The molecular weight excluding hydrogens is 234 g/mol. The van der Waals surface area contributed by atoms with Crippen LogP contribution in [0.4, 0.5) is 0 Å². The first-order valence-corrected chi connectivity index (χ1v) is 7.82. The fourth-order valence-electron chi connectivity index (χ4n) is 3.56. The highest BCUT2D eigenvalue weighted by molar-refractivity contribution is 5.11. The standard InChI is InChI=1S/C16H29N3/c1-5-17-11-14-7-6-13(12(2)3)10-15(14)16-8-9-18-19(16)4/h8-9,12-15,17H,5-7,10-11H2,1-4H3. The van der Waals surface area contributed by atoms with E-state index < -0.39 is 0 Å². The van der Waals surface area contributed by atoms with Crippen molar-refractivity contribution in [2.24, 2.45) is 24.8 Å². The Kier molecular flexibility index (Phi) is 5.03. The van der Waals surface area contributed by atoms with Gasteiger partial charge in [-0.05, 0) is 56.2 Å². The second-order valence-corrected chi connectivity index (χ2v) is 6.37.